The molecular formula is C15H14Cl2O2. The lowest BCUT2D eigenvalue weighted by Crippen LogP contribution is -1.96. The lowest BCUT2D eigenvalue weighted by molar-refractivity contribution is 0.276. The van der Waals surface area contributed by atoms with Crippen LogP contribution in [0.3, 0.4) is 0 Å². The van der Waals surface area contributed by atoms with E-state index in [2.05, 4.69) is 0 Å². The normalized spacial score (nSPS) is 10.6. The van der Waals surface area contributed by atoms with Gasteiger partial charge in [0.15, 0.2) is 5.75 Å². The van der Waals surface area contributed by atoms with Crippen molar-refractivity contribution in [2.45, 2.75) is 20.5 Å². The monoisotopic (exact) mass is 296 g/mol. The van der Waals surface area contributed by atoms with Gasteiger partial charge in [0.1, 0.15) is 5.75 Å². The Bertz CT molecular complexity index is 586. The zero-order valence-corrected chi connectivity index (χ0v) is 12.2. The molecule has 0 radical (unpaired) electrons. The average Bonchev–Trinajstić information content (AvgIpc) is 2.34. The van der Waals surface area contributed by atoms with E-state index in [0.29, 0.717) is 27.1 Å². The Kier molecular flexibility index (Phi) is 4.35. The van der Waals surface area contributed by atoms with Crippen LogP contribution in [0.25, 0.3) is 0 Å². The number of aryl methyl sites for hydroxylation is 2. The van der Waals surface area contributed by atoms with E-state index in [1.165, 1.54) is 0 Å². The molecule has 0 saturated heterocycles. The highest BCUT2D eigenvalue weighted by atomic mass is 35.5. The van der Waals surface area contributed by atoms with Crippen molar-refractivity contribution in [2.24, 2.45) is 0 Å². The second-order valence-electron chi connectivity index (χ2n) is 4.36. The van der Waals surface area contributed by atoms with Crippen LogP contribution >= 0.6 is 23.2 Å². The van der Waals surface area contributed by atoms with Gasteiger partial charge in [-0.15, -0.1) is 0 Å². The van der Waals surface area contributed by atoms with Gasteiger partial charge in [-0.05, 0) is 43.2 Å². The second-order valence-corrected chi connectivity index (χ2v) is 5.20. The van der Waals surface area contributed by atoms with Gasteiger partial charge < -0.3 is 9.84 Å². The maximum Gasteiger partial charge on any atom is 0.151 e. The quantitative estimate of drug-likeness (QED) is 0.873. The van der Waals surface area contributed by atoms with Gasteiger partial charge in [-0.3, -0.25) is 0 Å². The zero-order chi connectivity index (χ0) is 14.0. The summed E-state index contributed by atoms with van der Waals surface area (Å²) in [5, 5.41) is 10.5. The summed E-state index contributed by atoms with van der Waals surface area (Å²) in [7, 11) is 0. The Morgan fingerprint density at radius 2 is 1.68 bits per heavy atom. The van der Waals surface area contributed by atoms with Crippen LogP contribution in [0, 0.1) is 13.8 Å². The Morgan fingerprint density at radius 1 is 1.05 bits per heavy atom. The van der Waals surface area contributed by atoms with E-state index in [9.17, 15) is 5.11 Å². The number of rotatable bonds is 3. The summed E-state index contributed by atoms with van der Waals surface area (Å²) in [6.45, 7) is 3.72. The Morgan fingerprint density at radius 3 is 2.26 bits per heavy atom. The molecule has 1 N–H and O–H groups in total. The van der Waals surface area contributed by atoms with Crippen molar-refractivity contribution in [2.75, 3.05) is 0 Å². The average molecular weight is 297 g/mol. The molecule has 4 heteroatoms. The van der Waals surface area contributed by atoms with Crippen molar-refractivity contribution >= 4 is 23.2 Å². The Balaban J connectivity index is 2.48. The molecule has 0 bridgehead atoms. The van der Waals surface area contributed by atoms with Crippen LogP contribution in [0.4, 0.5) is 0 Å². The molecule has 0 aliphatic carbocycles. The van der Waals surface area contributed by atoms with Gasteiger partial charge in [0, 0.05) is 10.6 Å². The smallest absolute Gasteiger partial charge is 0.151 e. The third kappa shape index (κ3) is 3.03. The Hall–Kier alpha value is -1.22. The molecule has 0 saturated carbocycles. The molecule has 0 aromatic heterocycles. The first-order valence-corrected chi connectivity index (χ1v) is 6.61. The molecule has 2 aromatic carbocycles. The first-order chi connectivity index (χ1) is 9.02. The summed E-state index contributed by atoms with van der Waals surface area (Å²) in [5.41, 5.74) is 2.50. The van der Waals surface area contributed by atoms with Crippen LogP contribution in [0.2, 0.25) is 10.0 Å². The first-order valence-electron chi connectivity index (χ1n) is 5.85. The Labute approximate surface area is 122 Å². The van der Waals surface area contributed by atoms with E-state index in [4.69, 9.17) is 27.9 Å². The zero-order valence-electron chi connectivity index (χ0n) is 10.7. The summed E-state index contributed by atoms with van der Waals surface area (Å²) in [6, 6.07) is 8.96. The van der Waals surface area contributed by atoms with E-state index in [-0.39, 0.29) is 6.61 Å². The summed E-state index contributed by atoms with van der Waals surface area (Å²) < 4.78 is 5.90. The number of benzene rings is 2. The molecule has 2 nitrogen and oxygen atoms in total. The third-order valence-electron chi connectivity index (χ3n) is 2.85. The predicted molar refractivity (Wildman–Crippen MR) is 78.4 cm³/mol. The van der Waals surface area contributed by atoms with Gasteiger partial charge in [-0.2, -0.15) is 0 Å². The summed E-state index contributed by atoms with van der Waals surface area (Å²) in [5.74, 6) is 1.20. The fourth-order valence-electron chi connectivity index (χ4n) is 1.95. The predicted octanol–water partition coefficient (Wildman–Crippen LogP) is 4.89. The van der Waals surface area contributed by atoms with Crippen LogP contribution in [0.5, 0.6) is 11.5 Å². The number of hydrogen-bond acceptors (Lipinski definition) is 2. The van der Waals surface area contributed by atoms with Gasteiger partial charge in [-0.25, -0.2) is 0 Å². The number of para-hydroxylation sites is 1. The topological polar surface area (TPSA) is 29.5 Å². The molecule has 0 spiro atoms. The molecule has 0 aliphatic heterocycles. The van der Waals surface area contributed by atoms with Crippen molar-refractivity contribution in [1.82, 2.24) is 0 Å². The molecular weight excluding hydrogens is 283 g/mol. The van der Waals surface area contributed by atoms with Gasteiger partial charge in [0.05, 0.1) is 11.6 Å². The first kappa shape index (κ1) is 14.2. The summed E-state index contributed by atoms with van der Waals surface area (Å²) >= 11 is 12.1. The minimum atomic E-state index is -0.123. The number of halogens is 2. The van der Waals surface area contributed by atoms with E-state index in [1.807, 2.05) is 26.0 Å². The van der Waals surface area contributed by atoms with Crippen molar-refractivity contribution in [1.29, 1.82) is 0 Å². The van der Waals surface area contributed by atoms with Crippen LogP contribution in [0.15, 0.2) is 30.3 Å². The minimum absolute atomic E-state index is 0.123. The van der Waals surface area contributed by atoms with Gasteiger partial charge in [0.25, 0.3) is 0 Å². The van der Waals surface area contributed by atoms with Gasteiger partial charge >= 0.3 is 0 Å². The lowest BCUT2D eigenvalue weighted by Gasteiger charge is -2.15. The second kappa shape index (κ2) is 5.83. The molecule has 100 valence electrons. The molecule has 0 fully saturated rings. The minimum Gasteiger partial charge on any atom is -0.455 e. The van der Waals surface area contributed by atoms with Crippen LogP contribution in [0.1, 0.15) is 16.7 Å². The van der Waals surface area contributed by atoms with Gasteiger partial charge in [-0.1, -0.05) is 35.3 Å². The standard InChI is InChI=1S/C15H14Cl2O2/c1-9-6-12(16)7-10(2)14(9)19-15-11(8-18)4-3-5-13(15)17/h3-7,18H,8H2,1-2H3. The van der Waals surface area contributed by atoms with Gasteiger partial charge in [0.2, 0.25) is 0 Å². The molecule has 0 unspecified atom stereocenters. The SMILES string of the molecule is Cc1cc(Cl)cc(C)c1Oc1c(Cl)cccc1CO. The summed E-state index contributed by atoms with van der Waals surface area (Å²) in [4.78, 5) is 0. The number of aliphatic hydroxyl groups excluding tert-OH is 1. The van der Waals surface area contributed by atoms with Crippen molar-refractivity contribution in [3.63, 3.8) is 0 Å². The summed E-state index contributed by atoms with van der Waals surface area (Å²) in [6.07, 6.45) is 0. The highest BCUT2D eigenvalue weighted by Gasteiger charge is 2.12. The van der Waals surface area contributed by atoms with Crippen LogP contribution in [-0.2, 0) is 6.61 Å². The molecule has 0 amide bonds. The highest BCUT2D eigenvalue weighted by molar-refractivity contribution is 6.32. The molecule has 0 heterocycles. The van der Waals surface area contributed by atoms with E-state index in [0.717, 1.165) is 11.1 Å². The van der Waals surface area contributed by atoms with Crippen molar-refractivity contribution in [3.8, 4) is 11.5 Å². The molecule has 2 rings (SSSR count). The third-order valence-corrected chi connectivity index (χ3v) is 3.36. The molecule has 2 aromatic rings. The van der Waals surface area contributed by atoms with E-state index in [1.54, 1.807) is 18.2 Å². The molecule has 19 heavy (non-hydrogen) atoms. The maximum absolute atomic E-state index is 9.34. The number of hydrogen-bond donors (Lipinski definition) is 1. The van der Waals surface area contributed by atoms with Crippen LogP contribution < -0.4 is 4.74 Å². The largest absolute Gasteiger partial charge is 0.455 e. The number of aliphatic hydroxyl groups is 1. The highest BCUT2D eigenvalue weighted by Crippen LogP contribution is 2.37. The molecule has 0 aliphatic rings. The lowest BCUT2D eigenvalue weighted by atomic mass is 10.1. The maximum atomic E-state index is 9.34. The van der Waals surface area contributed by atoms with Crippen LogP contribution in [-0.4, -0.2) is 5.11 Å². The van der Waals surface area contributed by atoms with E-state index >= 15 is 0 Å². The van der Waals surface area contributed by atoms with E-state index < -0.39 is 0 Å². The fraction of sp³-hybridized carbons (Fsp3) is 0.200. The van der Waals surface area contributed by atoms with Crippen molar-refractivity contribution < 1.29 is 9.84 Å². The number of ether oxygens (including phenoxy) is 1. The molecule has 0 atom stereocenters. The fourth-order valence-corrected chi connectivity index (χ4v) is 2.51. The van der Waals surface area contributed by atoms with Crippen molar-refractivity contribution in [3.05, 3.63) is 57.1 Å².